The van der Waals surface area contributed by atoms with Crippen LogP contribution in [0.5, 0.6) is 0 Å². The predicted octanol–water partition coefficient (Wildman–Crippen LogP) is 4.15. The maximum absolute atomic E-state index is 12.7. The van der Waals surface area contributed by atoms with Gasteiger partial charge in [-0.3, -0.25) is 9.47 Å². The molecule has 0 radical (unpaired) electrons. The molecule has 0 unspecified atom stereocenters. The highest BCUT2D eigenvalue weighted by molar-refractivity contribution is 7.98. The molecule has 164 valence electrons. The highest BCUT2D eigenvalue weighted by Gasteiger charge is 2.26. The second-order valence-corrected chi connectivity index (χ2v) is 10.2. The van der Waals surface area contributed by atoms with Gasteiger partial charge in [0.15, 0.2) is 11.0 Å². The molecule has 2 aromatic carbocycles. The first-order chi connectivity index (χ1) is 14.9. The summed E-state index contributed by atoms with van der Waals surface area (Å²) in [5.41, 5.74) is 1.78. The molecule has 0 aliphatic carbocycles. The third kappa shape index (κ3) is 4.97. The molecule has 1 fully saturated rings. The van der Waals surface area contributed by atoms with E-state index < -0.39 is 15.6 Å². The number of sulfone groups is 1. The van der Waals surface area contributed by atoms with Gasteiger partial charge in [-0.25, -0.2) is 8.42 Å². The number of rotatable bonds is 8. The van der Waals surface area contributed by atoms with E-state index in [1.807, 2.05) is 34.9 Å². The fourth-order valence-corrected chi connectivity index (χ4v) is 5.15. The molecule has 3 aromatic rings. The van der Waals surface area contributed by atoms with Gasteiger partial charge in [0.25, 0.3) is 0 Å². The number of para-hydroxylation sites is 1. The molecular formula is C21H22F2N4O2S2. The largest absolute Gasteiger partial charge is 0.341 e. The quantitative estimate of drug-likeness (QED) is 0.467. The van der Waals surface area contributed by atoms with Gasteiger partial charge >= 0.3 is 5.76 Å². The first-order valence-electron chi connectivity index (χ1n) is 9.91. The molecule has 4 rings (SSSR count). The summed E-state index contributed by atoms with van der Waals surface area (Å²) < 4.78 is 50.6. The average Bonchev–Trinajstić information content (AvgIpc) is 3.43. The molecule has 10 heteroatoms. The lowest BCUT2D eigenvalue weighted by Crippen LogP contribution is -2.21. The first kappa shape index (κ1) is 21.9. The molecule has 0 atom stereocenters. The second kappa shape index (κ2) is 9.46. The molecule has 0 amide bonds. The monoisotopic (exact) mass is 464 g/mol. The summed E-state index contributed by atoms with van der Waals surface area (Å²) in [6.07, 6.45) is 2.39. The van der Waals surface area contributed by atoms with Crippen LogP contribution in [0.1, 0.15) is 24.2 Å². The SMILES string of the molecule is O=S(=O)(c1ccc(CSc2nnc(CN3CCCC3)n2-c2ccccc2)cc1)C(F)F. The maximum Gasteiger partial charge on any atom is 0.341 e. The molecule has 31 heavy (non-hydrogen) atoms. The van der Waals surface area contributed by atoms with Gasteiger partial charge in [0.1, 0.15) is 0 Å². The number of hydrogen-bond donors (Lipinski definition) is 0. The summed E-state index contributed by atoms with van der Waals surface area (Å²) in [5.74, 6) is -2.05. The zero-order valence-corrected chi connectivity index (χ0v) is 18.3. The van der Waals surface area contributed by atoms with Crippen LogP contribution in [0.3, 0.4) is 0 Å². The van der Waals surface area contributed by atoms with Gasteiger partial charge in [-0.05, 0) is 55.8 Å². The number of alkyl halides is 2. The first-order valence-corrected chi connectivity index (χ1v) is 12.4. The standard InChI is InChI=1S/C21H22F2N4O2S2/c22-20(23)31(28,29)18-10-8-16(9-11-18)15-30-21-25-24-19(14-26-12-4-5-13-26)27(21)17-6-2-1-3-7-17/h1-3,6-11,20H,4-5,12-15H2. The molecule has 1 aromatic heterocycles. The van der Waals surface area contributed by atoms with Crippen molar-refractivity contribution in [3.05, 3.63) is 66.0 Å². The summed E-state index contributed by atoms with van der Waals surface area (Å²) in [4.78, 5) is 1.98. The molecule has 6 nitrogen and oxygen atoms in total. The lowest BCUT2D eigenvalue weighted by Gasteiger charge is -2.16. The number of benzene rings is 2. The van der Waals surface area contributed by atoms with Gasteiger partial charge in [0.05, 0.1) is 11.4 Å². The minimum absolute atomic E-state index is 0.378. The smallest absolute Gasteiger partial charge is 0.296 e. The Hall–Kier alpha value is -2.30. The molecule has 1 aliphatic heterocycles. The molecular weight excluding hydrogens is 442 g/mol. The molecule has 2 heterocycles. The van der Waals surface area contributed by atoms with Crippen molar-refractivity contribution in [3.8, 4) is 5.69 Å². The lowest BCUT2D eigenvalue weighted by molar-refractivity contribution is 0.234. The van der Waals surface area contributed by atoms with Crippen LogP contribution in [-0.2, 0) is 22.1 Å². The van der Waals surface area contributed by atoms with Crippen LogP contribution in [-0.4, -0.2) is 46.9 Å². The summed E-state index contributed by atoms with van der Waals surface area (Å²) >= 11 is 1.47. The van der Waals surface area contributed by atoms with Crippen molar-refractivity contribution in [1.29, 1.82) is 0 Å². The number of nitrogens with zero attached hydrogens (tertiary/aromatic N) is 4. The fraction of sp³-hybridized carbons (Fsp3) is 0.333. The average molecular weight is 465 g/mol. The summed E-state index contributed by atoms with van der Waals surface area (Å²) in [6, 6.07) is 15.4. The Balaban J connectivity index is 1.54. The van der Waals surface area contributed by atoms with Gasteiger partial charge in [-0.2, -0.15) is 8.78 Å². The van der Waals surface area contributed by atoms with Crippen LogP contribution in [0.2, 0.25) is 0 Å². The van der Waals surface area contributed by atoms with Crippen LogP contribution in [0.4, 0.5) is 8.78 Å². The minimum Gasteiger partial charge on any atom is -0.296 e. The topological polar surface area (TPSA) is 68.1 Å². The normalized spacial score (nSPS) is 15.1. The lowest BCUT2D eigenvalue weighted by atomic mass is 10.2. The summed E-state index contributed by atoms with van der Waals surface area (Å²) in [6.45, 7) is 2.83. The predicted molar refractivity (Wildman–Crippen MR) is 115 cm³/mol. The van der Waals surface area contributed by atoms with E-state index in [2.05, 4.69) is 15.1 Å². The number of thioether (sulfide) groups is 1. The Bertz CT molecular complexity index is 1110. The minimum atomic E-state index is -4.58. The second-order valence-electron chi connectivity index (χ2n) is 7.29. The van der Waals surface area contributed by atoms with Crippen molar-refractivity contribution in [2.75, 3.05) is 13.1 Å². The Morgan fingerprint density at radius 2 is 1.65 bits per heavy atom. The van der Waals surface area contributed by atoms with E-state index >= 15 is 0 Å². The van der Waals surface area contributed by atoms with E-state index in [0.717, 1.165) is 41.9 Å². The molecule has 1 saturated heterocycles. The number of hydrogen-bond acceptors (Lipinski definition) is 6. The Kier molecular flexibility index (Phi) is 6.68. The van der Waals surface area contributed by atoms with Gasteiger partial charge < -0.3 is 0 Å². The van der Waals surface area contributed by atoms with Crippen molar-refractivity contribution in [2.45, 2.75) is 40.9 Å². The van der Waals surface area contributed by atoms with Gasteiger partial charge in [-0.15, -0.1) is 10.2 Å². The van der Waals surface area contributed by atoms with E-state index in [9.17, 15) is 17.2 Å². The van der Waals surface area contributed by atoms with Crippen LogP contribution in [0.25, 0.3) is 5.69 Å². The van der Waals surface area contributed by atoms with Crippen LogP contribution in [0.15, 0.2) is 64.6 Å². The van der Waals surface area contributed by atoms with E-state index in [-0.39, 0.29) is 4.90 Å². The van der Waals surface area contributed by atoms with Crippen molar-refractivity contribution in [1.82, 2.24) is 19.7 Å². The highest BCUT2D eigenvalue weighted by atomic mass is 32.2. The van der Waals surface area contributed by atoms with Gasteiger partial charge in [0, 0.05) is 11.4 Å². The Morgan fingerprint density at radius 1 is 0.968 bits per heavy atom. The maximum atomic E-state index is 12.7. The van der Waals surface area contributed by atoms with Gasteiger partial charge in [0.2, 0.25) is 9.84 Å². The third-order valence-corrected chi connectivity index (χ3v) is 7.53. The number of aromatic nitrogens is 3. The molecule has 1 aliphatic rings. The van der Waals surface area contributed by atoms with Crippen molar-refractivity contribution < 1.29 is 17.2 Å². The highest BCUT2D eigenvalue weighted by Crippen LogP contribution is 2.27. The van der Waals surface area contributed by atoms with Crippen LogP contribution < -0.4 is 0 Å². The molecule has 0 saturated carbocycles. The zero-order chi connectivity index (χ0) is 21.8. The molecule has 0 N–H and O–H groups in total. The van der Waals surface area contributed by atoms with E-state index in [4.69, 9.17) is 0 Å². The van der Waals surface area contributed by atoms with Gasteiger partial charge in [-0.1, -0.05) is 42.1 Å². The van der Waals surface area contributed by atoms with E-state index in [1.54, 1.807) is 12.1 Å². The summed E-state index contributed by atoms with van der Waals surface area (Å²) in [5, 5.41) is 9.53. The summed E-state index contributed by atoms with van der Waals surface area (Å²) in [7, 11) is -4.58. The van der Waals surface area contributed by atoms with E-state index in [0.29, 0.717) is 5.75 Å². The molecule has 0 spiro atoms. The van der Waals surface area contributed by atoms with Crippen LogP contribution >= 0.6 is 11.8 Å². The Labute approximate surface area is 184 Å². The van der Waals surface area contributed by atoms with Crippen molar-refractivity contribution in [3.63, 3.8) is 0 Å². The van der Waals surface area contributed by atoms with Crippen molar-refractivity contribution >= 4 is 21.6 Å². The third-order valence-electron chi connectivity index (χ3n) is 5.13. The Morgan fingerprint density at radius 3 is 2.29 bits per heavy atom. The number of halogens is 2. The van der Waals surface area contributed by atoms with Crippen molar-refractivity contribution in [2.24, 2.45) is 0 Å². The molecule has 0 bridgehead atoms. The van der Waals surface area contributed by atoms with Crippen LogP contribution in [0, 0.1) is 0 Å². The number of likely N-dealkylation sites (tertiary alicyclic amines) is 1. The zero-order valence-electron chi connectivity index (χ0n) is 16.7. The fourth-order valence-electron chi connectivity index (χ4n) is 3.50. The van der Waals surface area contributed by atoms with E-state index in [1.165, 1.54) is 36.7 Å².